The Morgan fingerprint density at radius 2 is 1.93 bits per heavy atom. The van der Waals surface area contributed by atoms with Gasteiger partial charge in [-0.15, -0.1) is 0 Å². The van der Waals surface area contributed by atoms with E-state index in [1.807, 2.05) is 6.92 Å². The van der Waals surface area contributed by atoms with Gasteiger partial charge in [0.05, 0.1) is 5.69 Å². The Morgan fingerprint density at radius 3 is 2.47 bits per heavy atom. The van der Waals surface area contributed by atoms with Gasteiger partial charge in [-0.3, -0.25) is 0 Å². The van der Waals surface area contributed by atoms with Crippen LogP contribution in [0.5, 0.6) is 0 Å². The summed E-state index contributed by atoms with van der Waals surface area (Å²) >= 11 is 0. The Balaban J connectivity index is 3.07. The minimum atomic E-state index is 0.618. The van der Waals surface area contributed by atoms with Gasteiger partial charge in [0, 0.05) is 12.1 Å². The van der Waals surface area contributed by atoms with Crippen molar-refractivity contribution in [3.05, 3.63) is 11.3 Å². The first-order chi connectivity index (χ1) is 7.22. The molecule has 0 atom stereocenters. The zero-order valence-corrected chi connectivity index (χ0v) is 9.80. The van der Waals surface area contributed by atoms with Crippen molar-refractivity contribution in [3.63, 3.8) is 0 Å². The molecule has 0 amide bonds. The van der Waals surface area contributed by atoms with Gasteiger partial charge >= 0.3 is 0 Å². The van der Waals surface area contributed by atoms with Gasteiger partial charge in [-0.2, -0.15) is 4.98 Å². The maximum Gasteiger partial charge on any atom is 0.224 e. The van der Waals surface area contributed by atoms with E-state index in [9.17, 15) is 0 Å². The Labute approximate surface area is 91.3 Å². The van der Waals surface area contributed by atoms with Gasteiger partial charge in [0.1, 0.15) is 5.82 Å². The van der Waals surface area contributed by atoms with E-state index in [4.69, 9.17) is 5.73 Å². The second-order valence-electron chi connectivity index (χ2n) is 3.49. The lowest BCUT2D eigenvalue weighted by atomic mass is 10.1. The zero-order valence-electron chi connectivity index (χ0n) is 9.80. The standard InChI is InChI=1S/C11H20N4/c1-4-7-9-8(5-2)10(12)15-11(14-9)13-6-3/h4-7H2,1-3H3,(H3,12,13,14,15). The number of nitrogen functional groups attached to an aromatic ring is 1. The van der Waals surface area contributed by atoms with Gasteiger partial charge in [-0.25, -0.2) is 4.98 Å². The molecule has 0 saturated heterocycles. The molecule has 1 aromatic heterocycles. The predicted octanol–water partition coefficient (Wildman–Crippen LogP) is 2.01. The normalized spacial score (nSPS) is 10.3. The molecule has 4 nitrogen and oxygen atoms in total. The third kappa shape index (κ3) is 2.81. The quantitative estimate of drug-likeness (QED) is 0.777. The SMILES string of the molecule is CCCc1nc(NCC)nc(N)c1CC. The summed E-state index contributed by atoms with van der Waals surface area (Å²) in [6.07, 6.45) is 2.94. The van der Waals surface area contributed by atoms with E-state index >= 15 is 0 Å². The highest BCUT2D eigenvalue weighted by atomic mass is 15.1. The molecule has 0 saturated carbocycles. The molecule has 3 N–H and O–H groups in total. The molecule has 0 aromatic carbocycles. The second kappa shape index (κ2) is 5.53. The molecule has 1 rings (SSSR count). The number of rotatable bonds is 5. The van der Waals surface area contributed by atoms with Crippen molar-refractivity contribution in [2.24, 2.45) is 0 Å². The van der Waals surface area contributed by atoms with Crippen LogP contribution >= 0.6 is 0 Å². The minimum absolute atomic E-state index is 0.618. The van der Waals surface area contributed by atoms with Crippen molar-refractivity contribution in [2.45, 2.75) is 40.0 Å². The summed E-state index contributed by atoms with van der Waals surface area (Å²) < 4.78 is 0. The lowest BCUT2D eigenvalue weighted by molar-refractivity contribution is 0.846. The molecule has 1 heterocycles. The van der Waals surface area contributed by atoms with Gasteiger partial charge < -0.3 is 11.1 Å². The number of hydrogen-bond acceptors (Lipinski definition) is 4. The summed E-state index contributed by atoms with van der Waals surface area (Å²) in [5, 5.41) is 3.10. The molecule has 0 unspecified atom stereocenters. The summed E-state index contributed by atoms with van der Waals surface area (Å²) in [6, 6.07) is 0. The highest BCUT2D eigenvalue weighted by Crippen LogP contribution is 2.17. The van der Waals surface area contributed by atoms with Crippen LogP contribution in [0.4, 0.5) is 11.8 Å². The van der Waals surface area contributed by atoms with Gasteiger partial charge in [0.2, 0.25) is 5.95 Å². The van der Waals surface area contributed by atoms with Crippen molar-refractivity contribution in [1.29, 1.82) is 0 Å². The number of hydrogen-bond donors (Lipinski definition) is 2. The van der Waals surface area contributed by atoms with Gasteiger partial charge in [0.15, 0.2) is 0 Å². The molecule has 4 heteroatoms. The molecule has 0 aliphatic carbocycles. The molecule has 1 aromatic rings. The van der Waals surface area contributed by atoms with E-state index in [0.717, 1.165) is 37.1 Å². The van der Waals surface area contributed by atoms with Crippen LogP contribution in [-0.2, 0) is 12.8 Å². The van der Waals surface area contributed by atoms with Crippen LogP contribution in [0.2, 0.25) is 0 Å². The van der Waals surface area contributed by atoms with E-state index in [1.165, 1.54) is 0 Å². The Bertz CT molecular complexity index is 323. The molecule has 0 spiro atoms. The molecule has 84 valence electrons. The van der Waals surface area contributed by atoms with Crippen LogP contribution < -0.4 is 11.1 Å². The highest BCUT2D eigenvalue weighted by molar-refractivity contribution is 5.47. The molecular weight excluding hydrogens is 188 g/mol. The lowest BCUT2D eigenvalue weighted by Crippen LogP contribution is -2.10. The van der Waals surface area contributed by atoms with Crippen LogP contribution in [0.3, 0.4) is 0 Å². The first-order valence-corrected chi connectivity index (χ1v) is 5.62. The van der Waals surface area contributed by atoms with Crippen LogP contribution in [0.1, 0.15) is 38.4 Å². The highest BCUT2D eigenvalue weighted by Gasteiger charge is 2.09. The molecule has 15 heavy (non-hydrogen) atoms. The maximum atomic E-state index is 5.90. The summed E-state index contributed by atoms with van der Waals surface area (Å²) in [7, 11) is 0. The molecule has 0 fully saturated rings. The van der Waals surface area contributed by atoms with Gasteiger partial charge in [-0.1, -0.05) is 20.3 Å². The van der Waals surface area contributed by atoms with Crippen LogP contribution in [0, 0.1) is 0 Å². The molecule has 0 aliphatic rings. The number of nitrogens with one attached hydrogen (secondary N) is 1. The average molecular weight is 208 g/mol. The van der Waals surface area contributed by atoms with Crippen LogP contribution in [0.15, 0.2) is 0 Å². The fourth-order valence-electron chi connectivity index (χ4n) is 1.62. The Hall–Kier alpha value is -1.32. The van der Waals surface area contributed by atoms with Crippen molar-refractivity contribution in [3.8, 4) is 0 Å². The van der Waals surface area contributed by atoms with E-state index in [0.29, 0.717) is 11.8 Å². The average Bonchev–Trinajstić information content (AvgIpc) is 2.18. The second-order valence-corrected chi connectivity index (χ2v) is 3.49. The topological polar surface area (TPSA) is 63.8 Å². The van der Waals surface area contributed by atoms with Crippen molar-refractivity contribution in [1.82, 2.24) is 9.97 Å². The van der Waals surface area contributed by atoms with Crippen molar-refractivity contribution < 1.29 is 0 Å². The van der Waals surface area contributed by atoms with Gasteiger partial charge in [0.25, 0.3) is 0 Å². The minimum Gasteiger partial charge on any atom is -0.383 e. The smallest absolute Gasteiger partial charge is 0.224 e. The fourth-order valence-corrected chi connectivity index (χ4v) is 1.62. The van der Waals surface area contributed by atoms with Crippen molar-refractivity contribution >= 4 is 11.8 Å². The van der Waals surface area contributed by atoms with Crippen molar-refractivity contribution in [2.75, 3.05) is 17.6 Å². The third-order valence-corrected chi connectivity index (χ3v) is 2.30. The number of nitrogens with zero attached hydrogens (tertiary/aromatic N) is 2. The first kappa shape index (κ1) is 11.8. The van der Waals surface area contributed by atoms with E-state index in [2.05, 4.69) is 29.1 Å². The molecule has 0 bridgehead atoms. The maximum absolute atomic E-state index is 5.90. The summed E-state index contributed by atoms with van der Waals surface area (Å²) in [5.41, 5.74) is 8.08. The summed E-state index contributed by atoms with van der Waals surface area (Å²) in [5.74, 6) is 1.27. The predicted molar refractivity (Wildman–Crippen MR) is 64.0 cm³/mol. The third-order valence-electron chi connectivity index (χ3n) is 2.30. The first-order valence-electron chi connectivity index (χ1n) is 5.62. The lowest BCUT2D eigenvalue weighted by Gasteiger charge is -2.11. The number of aromatic nitrogens is 2. The van der Waals surface area contributed by atoms with Crippen LogP contribution in [0.25, 0.3) is 0 Å². The van der Waals surface area contributed by atoms with Crippen LogP contribution in [-0.4, -0.2) is 16.5 Å². The Kier molecular flexibility index (Phi) is 4.34. The molecule has 0 aliphatic heterocycles. The largest absolute Gasteiger partial charge is 0.383 e. The number of nitrogens with two attached hydrogens (primary N) is 1. The summed E-state index contributed by atoms with van der Waals surface area (Å²) in [4.78, 5) is 8.71. The number of aryl methyl sites for hydroxylation is 1. The molecular formula is C11H20N4. The van der Waals surface area contributed by atoms with Gasteiger partial charge in [-0.05, 0) is 19.8 Å². The summed E-state index contributed by atoms with van der Waals surface area (Å²) in [6.45, 7) is 7.06. The monoisotopic (exact) mass is 208 g/mol. The fraction of sp³-hybridized carbons (Fsp3) is 0.636. The Morgan fingerprint density at radius 1 is 1.20 bits per heavy atom. The number of anilines is 2. The van der Waals surface area contributed by atoms with E-state index < -0.39 is 0 Å². The van der Waals surface area contributed by atoms with E-state index in [1.54, 1.807) is 0 Å². The van der Waals surface area contributed by atoms with E-state index in [-0.39, 0.29) is 0 Å². The molecule has 0 radical (unpaired) electrons. The zero-order chi connectivity index (χ0) is 11.3.